The molecule has 3 aromatic rings. The van der Waals surface area contributed by atoms with Crippen molar-refractivity contribution in [3.05, 3.63) is 34.2 Å². The molecule has 0 radical (unpaired) electrons. The standard InChI is InChI=1S/C27H37Cl2N5O3Si/c1-26(2,3)37-25(35)32-9-7-27(16-32)8-10-34-23(27)21(29)22(31-34)18-13-19-20(28)15-33(24(19)30-14-18)17-36-11-12-38(4,5)6/h13-15H,7-12,16-17H2,1-6H3. The summed E-state index contributed by atoms with van der Waals surface area (Å²) in [5.41, 5.74) is 2.54. The van der Waals surface area contributed by atoms with E-state index < -0.39 is 13.7 Å². The summed E-state index contributed by atoms with van der Waals surface area (Å²) in [5.74, 6) is 0. The third-order valence-corrected chi connectivity index (χ3v) is 9.73. The average Bonchev–Trinajstić information content (AvgIpc) is 3.55. The highest BCUT2D eigenvalue weighted by molar-refractivity contribution is 6.76. The van der Waals surface area contributed by atoms with E-state index in [9.17, 15) is 4.79 Å². The highest BCUT2D eigenvalue weighted by atomic mass is 35.5. The van der Waals surface area contributed by atoms with Gasteiger partial charge in [-0.2, -0.15) is 5.10 Å². The van der Waals surface area contributed by atoms with Crippen molar-refractivity contribution in [1.82, 2.24) is 24.2 Å². The second kappa shape index (κ2) is 9.84. The molecule has 5 heterocycles. The number of amides is 1. The van der Waals surface area contributed by atoms with Crippen LogP contribution in [0.4, 0.5) is 4.79 Å². The van der Waals surface area contributed by atoms with E-state index in [1.807, 2.05) is 42.3 Å². The van der Waals surface area contributed by atoms with Crippen molar-refractivity contribution in [2.24, 2.45) is 0 Å². The molecule has 0 aromatic carbocycles. The Balaban J connectivity index is 1.37. The van der Waals surface area contributed by atoms with Gasteiger partial charge in [0.25, 0.3) is 0 Å². The van der Waals surface area contributed by atoms with Crippen LogP contribution in [0.3, 0.4) is 0 Å². The van der Waals surface area contributed by atoms with Gasteiger partial charge in [0.05, 0.1) is 15.7 Å². The van der Waals surface area contributed by atoms with Crippen LogP contribution in [0.15, 0.2) is 18.5 Å². The second-order valence-corrected chi connectivity index (χ2v) is 19.2. The zero-order chi connectivity index (χ0) is 27.5. The Morgan fingerprint density at radius 2 is 1.92 bits per heavy atom. The maximum atomic E-state index is 12.7. The van der Waals surface area contributed by atoms with Crippen LogP contribution >= 0.6 is 23.2 Å². The fourth-order valence-corrected chi connectivity index (χ4v) is 6.84. The Bertz CT molecular complexity index is 1370. The fourth-order valence-electron chi connectivity index (χ4n) is 5.38. The number of likely N-dealkylation sites (tertiary alicyclic amines) is 1. The molecular weight excluding hydrogens is 541 g/mol. The highest BCUT2D eigenvalue weighted by Gasteiger charge is 2.49. The molecule has 1 fully saturated rings. The molecule has 0 saturated carbocycles. The SMILES string of the molecule is CC(C)(C)OC(=O)N1CCC2(CCn3nc(-c4cnc5c(c4)c(Cl)cn5COCC[Si](C)(C)C)c(Cl)c32)C1. The number of nitrogens with zero attached hydrogens (tertiary/aromatic N) is 5. The van der Waals surface area contributed by atoms with E-state index in [0.29, 0.717) is 35.6 Å². The van der Waals surface area contributed by atoms with Gasteiger partial charge in [-0.3, -0.25) is 4.68 Å². The van der Waals surface area contributed by atoms with E-state index in [-0.39, 0.29) is 11.5 Å². The lowest BCUT2D eigenvalue weighted by atomic mass is 9.82. The van der Waals surface area contributed by atoms with Crippen LogP contribution in [0.25, 0.3) is 22.3 Å². The van der Waals surface area contributed by atoms with Crippen LogP contribution in [-0.2, 0) is 28.2 Å². The van der Waals surface area contributed by atoms with Gasteiger partial charge in [-0.05, 0) is 45.7 Å². The molecule has 1 spiro atoms. The predicted molar refractivity (Wildman–Crippen MR) is 154 cm³/mol. The van der Waals surface area contributed by atoms with E-state index in [4.69, 9.17) is 42.8 Å². The molecule has 8 nitrogen and oxygen atoms in total. The van der Waals surface area contributed by atoms with Crippen molar-refractivity contribution >= 4 is 48.4 Å². The summed E-state index contributed by atoms with van der Waals surface area (Å²) in [5, 5.41) is 6.96. The Morgan fingerprint density at radius 3 is 2.63 bits per heavy atom. The Kier molecular flexibility index (Phi) is 7.12. The number of rotatable bonds is 6. The van der Waals surface area contributed by atoms with E-state index in [2.05, 4.69) is 19.6 Å². The number of hydrogen-bond acceptors (Lipinski definition) is 5. The van der Waals surface area contributed by atoms with Gasteiger partial charge in [0.15, 0.2) is 0 Å². The Labute approximate surface area is 235 Å². The number of carbonyl (C=O) groups is 1. The van der Waals surface area contributed by atoms with Crippen LogP contribution in [0.5, 0.6) is 0 Å². The number of hydrogen-bond donors (Lipinski definition) is 0. The Morgan fingerprint density at radius 1 is 1.18 bits per heavy atom. The van der Waals surface area contributed by atoms with Crippen molar-refractivity contribution in [2.45, 2.75) is 83.6 Å². The average molecular weight is 579 g/mol. The summed E-state index contributed by atoms with van der Waals surface area (Å²) < 4.78 is 15.5. The van der Waals surface area contributed by atoms with Crippen molar-refractivity contribution < 1.29 is 14.3 Å². The number of pyridine rings is 1. The van der Waals surface area contributed by atoms with Crippen LogP contribution in [0, 0.1) is 0 Å². The van der Waals surface area contributed by atoms with Crippen LogP contribution in [-0.4, -0.2) is 63.7 Å². The molecule has 206 valence electrons. The van der Waals surface area contributed by atoms with Crippen molar-refractivity contribution in [3.8, 4) is 11.3 Å². The summed E-state index contributed by atoms with van der Waals surface area (Å²) in [6, 6.07) is 3.11. The van der Waals surface area contributed by atoms with Crippen LogP contribution < -0.4 is 0 Å². The fraction of sp³-hybridized carbons (Fsp3) is 0.593. The summed E-state index contributed by atoms with van der Waals surface area (Å²) in [6.45, 7) is 15.8. The molecule has 3 aromatic heterocycles. The van der Waals surface area contributed by atoms with Crippen LogP contribution in [0.2, 0.25) is 35.7 Å². The lowest BCUT2D eigenvalue weighted by Crippen LogP contribution is -2.37. The Hall–Kier alpha value is -2.07. The van der Waals surface area contributed by atoms with Crippen molar-refractivity contribution in [2.75, 3.05) is 19.7 Å². The maximum Gasteiger partial charge on any atom is 0.410 e. The molecule has 1 unspecified atom stereocenters. The van der Waals surface area contributed by atoms with E-state index in [1.165, 1.54) is 0 Å². The monoisotopic (exact) mass is 577 g/mol. The largest absolute Gasteiger partial charge is 0.444 e. The molecule has 1 saturated heterocycles. The number of fused-ring (bicyclic) bond motifs is 3. The molecule has 5 rings (SSSR count). The van der Waals surface area contributed by atoms with E-state index in [1.54, 1.807) is 11.1 Å². The first kappa shape index (κ1) is 27.5. The summed E-state index contributed by atoms with van der Waals surface area (Å²) in [6.07, 6.45) is 5.13. The molecule has 2 aliphatic rings. The normalized spacial score (nSPS) is 19.6. The molecule has 0 N–H and O–H groups in total. The predicted octanol–water partition coefficient (Wildman–Crippen LogP) is 6.80. The topological polar surface area (TPSA) is 74.4 Å². The summed E-state index contributed by atoms with van der Waals surface area (Å²) in [4.78, 5) is 19.2. The first-order valence-electron chi connectivity index (χ1n) is 13.2. The third kappa shape index (κ3) is 5.35. The van der Waals surface area contributed by atoms with Gasteiger partial charge in [-0.15, -0.1) is 0 Å². The number of halogens is 2. The maximum absolute atomic E-state index is 12.7. The zero-order valence-electron chi connectivity index (χ0n) is 23.1. The minimum Gasteiger partial charge on any atom is -0.444 e. The minimum atomic E-state index is -1.15. The number of aryl methyl sites for hydroxylation is 1. The van der Waals surface area contributed by atoms with Gasteiger partial charge in [0.2, 0.25) is 0 Å². The van der Waals surface area contributed by atoms with E-state index in [0.717, 1.165) is 54.3 Å². The van der Waals surface area contributed by atoms with Gasteiger partial charge in [0.1, 0.15) is 23.7 Å². The first-order chi connectivity index (χ1) is 17.8. The highest BCUT2D eigenvalue weighted by Crippen LogP contribution is 2.48. The first-order valence-corrected chi connectivity index (χ1v) is 17.7. The van der Waals surface area contributed by atoms with Gasteiger partial charge in [-0.25, -0.2) is 9.78 Å². The molecule has 1 atom stereocenters. The minimum absolute atomic E-state index is 0.217. The number of aromatic nitrogens is 4. The number of ether oxygens (including phenoxy) is 2. The molecule has 11 heteroatoms. The quantitative estimate of drug-likeness (QED) is 0.238. The summed E-state index contributed by atoms with van der Waals surface area (Å²) in [7, 11) is -1.15. The van der Waals surface area contributed by atoms with E-state index >= 15 is 0 Å². The number of carbonyl (C=O) groups excluding carboxylic acids is 1. The molecule has 0 aliphatic carbocycles. The smallest absolute Gasteiger partial charge is 0.410 e. The van der Waals surface area contributed by atoms with Gasteiger partial charge >= 0.3 is 6.09 Å². The van der Waals surface area contributed by atoms with Crippen molar-refractivity contribution in [1.29, 1.82) is 0 Å². The van der Waals surface area contributed by atoms with Crippen LogP contribution in [0.1, 0.15) is 39.3 Å². The third-order valence-electron chi connectivity index (χ3n) is 7.37. The van der Waals surface area contributed by atoms with Gasteiger partial charge < -0.3 is 18.9 Å². The second-order valence-electron chi connectivity index (χ2n) is 12.8. The molecule has 38 heavy (non-hydrogen) atoms. The lowest BCUT2D eigenvalue weighted by molar-refractivity contribution is 0.0284. The van der Waals surface area contributed by atoms with Gasteiger partial charge in [-0.1, -0.05) is 42.8 Å². The molecule has 0 bridgehead atoms. The molecular formula is C27H37Cl2N5O3Si. The lowest BCUT2D eigenvalue weighted by Gasteiger charge is -2.26. The zero-order valence-corrected chi connectivity index (χ0v) is 25.6. The molecule has 1 amide bonds. The molecule has 2 aliphatic heterocycles. The van der Waals surface area contributed by atoms with Crippen molar-refractivity contribution in [3.63, 3.8) is 0 Å². The van der Waals surface area contributed by atoms with Gasteiger partial charge in [0, 0.05) is 63.1 Å². The summed E-state index contributed by atoms with van der Waals surface area (Å²) >= 11 is 13.6.